The molecule has 1 aromatic carbocycles. The first-order valence-corrected chi connectivity index (χ1v) is 6.91. The number of carbonyl (C=O) groups is 3. The van der Waals surface area contributed by atoms with Gasteiger partial charge in [-0.15, -0.1) is 0 Å². The zero-order valence-corrected chi connectivity index (χ0v) is 12.2. The molecule has 0 unspecified atom stereocenters. The van der Waals surface area contributed by atoms with E-state index in [1.807, 2.05) is 6.07 Å². The Balaban J connectivity index is 2.00. The lowest BCUT2D eigenvalue weighted by molar-refractivity contribution is -0.119. The van der Waals surface area contributed by atoms with Crippen LogP contribution in [0.15, 0.2) is 18.2 Å². The van der Waals surface area contributed by atoms with Gasteiger partial charge < -0.3 is 15.5 Å². The van der Waals surface area contributed by atoms with Gasteiger partial charge in [0.2, 0.25) is 11.8 Å². The molecule has 1 heterocycles. The molecule has 0 radical (unpaired) electrons. The molecule has 0 saturated heterocycles. The van der Waals surface area contributed by atoms with E-state index in [1.165, 1.54) is 6.92 Å². The number of nitrogens with one attached hydrogen (secondary N) is 2. The van der Waals surface area contributed by atoms with Crippen molar-refractivity contribution in [2.45, 2.75) is 19.8 Å². The lowest BCUT2D eigenvalue weighted by Gasteiger charge is -2.26. The topological polar surface area (TPSA) is 78.5 Å². The van der Waals surface area contributed by atoms with Crippen LogP contribution in [-0.2, 0) is 16.0 Å². The fraction of sp³-hybridized carbons (Fsp3) is 0.400. The van der Waals surface area contributed by atoms with Crippen LogP contribution in [0.4, 0.5) is 5.69 Å². The molecule has 6 heteroatoms. The van der Waals surface area contributed by atoms with Crippen molar-refractivity contribution >= 4 is 23.4 Å². The Hall–Kier alpha value is -2.37. The molecule has 21 heavy (non-hydrogen) atoms. The van der Waals surface area contributed by atoms with Crippen LogP contribution < -0.4 is 15.5 Å². The van der Waals surface area contributed by atoms with Crippen molar-refractivity contribution in [1.29, 1.82) is 0 Å². The van der Waals surface area contributed by atoms with Crippen LogP contribution >= 0.6 is 0 Å². The lowest BCUT2D eigenvalue weighted by Crippen LogP contribution is -2.34. The summed E-state index contributed by atoms with van der Waals surface area (Å²) in [4.78, 5) is 36.0. The Kier molecular flexibility index (Phi) is 4.57. The Bertz CT molecular complexity index is 584. The Morgan fingerprint density at radius 3 is 2.62 bits per heavy atom. The number of hydrogen-bond acceptors (Lipinski definition) is 3. The van der Waals surface area contributed by atoms with E-state index in [-0.39, 0.29) is 17.7 Å². The molecule has 1 aliphatic rings. The maximum atomic E-state index is 12.0. The Labute approximate surface area is 123 Å². The molecular weight excluding hydrogens is 270 g/mol. The van der Waals surface area contributed by atoms with E-state index < -0.39 is 0 Å². The van der Waals surface area contributed by atoms with Gasteiger partial charge in [0.1, 0.15) is 0 Å². The minimum Gasteiger partial charge on any atom is -0.355 e. The van der Waals surface area contributed by atoms with Crippen LogP contribution in [0.3, 0.4) is 0 Å². The maximum absolute atomic E-state index is 12.0. The fourth-order valence-electron chi connectivity index (χ4n) is 2.31. The summed E-state index contributed by atoms with van der Waals surface area (Å²) in [7, 11) is 1.74. The van der Waals surface area contributed by atoms with E-state index in [4.69, 9.17) is 0 Å². The number of nitrogens with zero attached hydrogens (tertiary/aromatic N) is 1. The van der Waals surface area contributed by atoms with Crippen molar-refractivity contribution in [2.75, 3.05) is 25.0 Å². The Morgan fingerprint density at radius 1 is 1.19 bits per heavy atom. The second-order valence-electron chi connectivity index (χ2n) is 5.04. The highest BCUT2D eigenvalue weighted by atomic mass is 16.2. The molecule has 0 aliphatic carbocycles. The van der Waals surface area contributed by atoms with Gasteiger partial charge in [-0.05, 0) is 30.2 Å². The molecule has 0 aromatic heterocycles. The average molecular weight is 289 g/mol. The van der Waals surface area contributed by atoms with Crippen molar-refractivity contribution in [3.05, 3.63) is 29.3 Å². The first-order valence-electron chi connectivity index (χ1n) is 6.91. The number of benzene rings is 1. The summed E-state index contributed by atoms with van der Waals surface area (Å²) < 4.78 is 0. The zero-order chi connectivity index (χ0) is 15.4. The van der Waals surface area contributed by atoms with Gasteiger partial charge in [0, 0.05) is 44.7 Å². The van der Waals surface area contributed by atoms with Crippen LogP contribution in [0.1, 0.15) is 29.3 Å². The van der Waals surface area contributed by atoms with Crippen molar-refractivity contribution in [2.24, 2.45) is 0 Å². The third kappa shape index (κ3) is 3.59. The number of aryl methyl sites for hydroxylation is 1. The van der Waals surface area contributed by atoms with Gasteiger partial charge in [0.25, 0.3) is 5.91 Å². The first kappa shape index (κ1) is 15.0. The van der Waals surface area contributed by atoms with E-state index in [0.717, 1.165) is 11.3 Å². The normalized spacial score (nSPS) is 13.6. The number of fused-ring (bicyclic) bond motifs is 1. The highest BCUT2D eigenvalue weighted by molar-refractivity contribution is 5.98. The average Bonchev–Trinajstić information content (AvgIpc) is 2.46. The molecule has 1 aliphatic heterocycles. The zero-order valence-electron chi connectivity index (χ0n) is 12.2. The standard InChI is InChI=1S/C15H19N3O3/c1-10(19)16-7-8-17-15(21)12-3-5-13-11(9-12)4-6-14(20)18(13)2/h3,5,9H,4,6-8H2,1-2H3,(H,16,19)(H,17,21). The van der Waals surface area contributed by atoms with Crippen LogP contribution in [0, 0.1) is 0 Å². The summed E-state index contributed by atoms with van der Waals surface area (Å²) in [6.45, 7) is 2.22. The van der Waals surface area contributed by atoms with Crippen molar-refractivity contribution in [3.8, 4) is 0 Å². The van der Waals surface area contributed by atoms with Gasteiger partial charge in [-0.1, -0.05) is 0 Å². The predicted octanol–water partition coefficient (Wildman–Crippen LogP) is 0.461. The SMILES string of the molecule is CC(=O)NCCNC(=O)c1ccc2c(c1)CCC(=O)N2C. The number of amides is 3. The molecule has 0 atom stereocenters. The lowest BCUT2D eigenvalue weighted by atomic mass is 9.99. The molecule has 0 bridgehead atoms. The quantitative estimate of drug-likeness (QED) is 0.791. The molecule has 0 spiro atoms. The number of rotatable bonds is 4. The summed E-state index contributed by atoms with van der Waals surface area (Å²) in [6.07, 6.45) is 1.13. The van der Waals surface area contributed by atoms with Crippen molar-refractivity contribution in [3.63, 3.8) is 0 Å². The van der Waals surface area contributed by atoms with Crippen molar-refractivity contribution in [1.82, 2.24) is 10.6 Å². The highest BCUT2D eigenvalue weighted by Crippen LogP contribution is 2.27. The largest absolute Gasteiger partial charge is 0.355 e. The first-order chi connectivity index (χ1) is 9.99. The number of hydrogen-bond donors (Lipinski definition) is 2. The summed E-state index contributed by atoms with van der Waals surface area (Å²) >= 11 is 0. The minimum atomic E-state index is -0.178. The van der Waals surface area contributed by atoms with Crippen LogP contribution in [-0.4, -0.2) is 37.9 Å². The molecule has 0 saturated carbocycles. The van der Waals surface area contributed by atoms with Gasteiger partial charge in [-0.25, -0.2) is 0 Å². The van der Waals surface area contributed by atoms with E-state index in [2.05, 4.69) is 10.6 Å². The van der Waals surface area contributed by atoms with Gasteiger partial charge in [-0.2, -0.15) is 0 Å². The predicted molar refractivity (Wildman–Crippen MR) is 79.2 cm³/mol. The van der Waals surface area contributed by atoms with E-state index in [0.29, 0.717) is 31.5 Å². The third-order valence-corrected chi connectivity index (χ3v) is 3.47. The second-order valence-corrected chi connectivity index (χ2v) is 5.04. The molecule has 1 aromatic rings. The number of anilines is 1. The highest BCUT2D eigenvalue weighted by Gasteiger charge is 2.21. The van der Waals surface area contributed by atoms with E-state index in [9.17, 15) is 14.4 Å². The van der Waals surface area contributed by atoms with Crippen LogP contribution in [0.5, 0.6) is 0 Å². The minimum absolute atomic E-state index is 0.0926. The summed E-state index contributed by atoms with van der Waals surface area (Å²) in [5, 5.41) is 5.36. The van der Waals surface area contributed by atoms with Gasteiger partial charge >= 0.3 is 0 Å². The molecule has 2 rings (SSSR count). The molecule has 6 nitrogen and oxygen atoms in total. The molecule has 3 amide bonds. The second kappa shape index (κ2) is 6.39. The molecule has 0 fully saturated rings. The van der Waals surface area contributed by atoms with Gasteiger partial charge in [-0.3, -0.25) is 14.4 Å². The summed E-state index contributed by atoms with van der Waals surface area (Å²) in [5.41, 5.74) is 2.44. The van der Waals surface area contributed by atoms with Crippen LogP contribution in [0.25, 0.3) is 0 Å². The monoisotopic (exact) mass is 289 g/mol. The van der Waals surface area contributed by atoms with Crippen molar-refractivity contribution < 1.29 is 14.4 Å². The van der Waals surface area contributed by atoms with Crippen LogP contribution in [0.2, 0.25) is 0 Å². The summed E-state index contributed by atoms with van der Waals surface area (Å²) in [6, 6.07) is 5.34. The number of carbonyl (C=O) groups excluding carboxylic acids is 3. The smallest absolute Gasteiger partial charge is 0.251 e. The molecule has 112 valence electrons. The van der Waals surface area contributed by atoms with E-state index >= 15 is 0 Å². The van der Waals surface area contributed by atoms with Gasteiger partial charge in [0.05, 0.1) is 0 Å². The third-order valence-electron chi connectivity index (χ3n) is 3.47. The van der Waals surface area contributed by atoms with E-state index in [1.54, 1.807) is 24.1 Å². The molecular formula is C15H19N3O3. The fourth-order valence-corrected chi connectivity index (χ4v) is 2.31. The van der Waals surface area contributed by atoms with Gasteiger partial charge in [0.15, 0.2) is 0 Å². The maximum Gasteiger partial charge on any atom is 0.251 e. The summed E-state index contributed by atoms with van der Waals surface area (Å²) in [5.74, 6) is -0.205. The Morgan fingerprint density at radius 2 is 1.90 bits per heavy atom. The molecule has 2 N–H and O–H groups in total.